The monoisotopic (exact) mass is 307 g/mol. The standard InChI is InChI=1S/C14H13NO5S/c1-7(16)12-11(14(17)18)15-13(21-12)9-5-4-8(19-2)6-10(9)20-3/h4-6H,1-3H3,(H,17,18). The third-order valence-corrected chi connectivity index (χ3v) is 3.98. The van der Waals surface area contributed by atoms with E-state index in [0.717, 1.165) is 11.3 Å². The second-order valence-electron chi connectivity index (χ2n) is 4.12. The molecule has 1 aromatic heterocycles. The lowest BCUT2D eigenvalue weighted by molar-refractivity contribution is 0.0687. The molecule has 0 bridgehead atoms. The fraction of sp³-hybridized carbons (Fsp3) is 0.214. The number of aromatic carboxylic acids is 1. The van der Waals surface area contributed by atoms with E-state index < -0.39 is 5.97 Å². The van der Waals surface area contributed by atoms with Gasteiger partial charge >= 0.3 is 5.97 Å². The zero-order valence-corrected chi connectivity index (χ0v) is 12.5. The number of carboxylic acid groups (broad SMARTS) is 1. The number of aromatic nitrogens is 1. The number of hydrogen-bond donors (Lipinski definition) is 1. The Morgan fingerprint density at radius 2 is 1.95 bits per heavy atom. The maximum absolute atomic E-state index is 11.5. The molecule has 0 unspecified atom stereocenters. The Bertz CT molecular complexity index is 676. The van der Waals surface area contributed by atoms with E-state index in [1.165, 1.54) is 21.1 Å². The average molecular weight is 307 g/mol. The van der Waals surface area contributed by atoms with Crippen molar-refractivity contribution in [3.8, 4) is 22.1 Å². The van der Waals surface area contributed by atoms with Crippen LogP contribution >= 0.6 is 11.3 Å². The lowest BCUT2D eigenvalue weighted by Crippen LogP contribution is -2.03. The largest absolute Gasteiger partial charge is 0.497 e. The van der Waals surface area contributed by atoms with Crippen molar-refractivity contribution in [3.05, 3.63) is 28.8 Å². The zero-order chi connectivity index (χ0) is 15.6. The molecule has 7 heteroatoms. The number of ether oxygens (including phenoxy) is 2. The lowest BCUT2D eigenvalue weighted by Gasteiger charge is -2.08. The van der Waals surface area contributed by atoms with Crippen LogP contribution in [-0.2, 0) is 0 Å². The minimum atomic E-state index is -1.23. The van der Waals surface area contributed by atoms with Crippen LogP contribution < -0.4 is 9.47 Å². The van der Waals surface area contributed by atoms with E-state index in [1.54, 1.807) is 18.2 Å². The van der Waals surface area contributed by atoms with Gasteiger partial charge in [0, 0.05) is 13.0 Å². The summed E-state index contributed by atoms with van der Waals surface area (Å²) < 4.78 is 10.4. The van der Waals surface area contributed by atoms with Crippen LogP contribution in [0.5, 0.6) is 11.5 Å². The van der Waals surface area contributed by atoms with Crippen LogP contribution in [-0.4, -0.2) is 36.1 Å². The smallest absolute Gasteiger partial charge is 0.356 e. The molecule has 0 aliphatic carbocycles. The first-order valence-electron chi connectivity index (χ1n) is 5.95. The third kappa shape index (κ3) is 2.87. The molecular weight excluding hydrogens is 294 g/mol. The molecule has 0 aliphatic rings. The zero-order valence-electron chi connectivity index (χ0n) is 11.7. The van der Waals surface area contributed by atoms with Gasteiger partial charge in [0.1, 0.15) is 21.4 Å². The Kier molecular flexibility index (Phi) is 4.23. The number of carbonyl (C=O) groups excluding carboxylic acids is 1. The summed E-state index contributed by atoms with van der Waals surface area (Å²) in [6, 6.07) is 5.10. The number of Topliss-reactive ketones (excluding diaryl/α,β-unsaturated/α-hetero) is 1. The van der Waals surface area contributed by atoms with Gasteiger partial charge in [0.2, 0.25) is 0 Å². The summed E-state index contributed by atoms with van der Waals surface area (Å²) >= 11 is 1.03. The molecule has 2 aromatic rings. The van der Waals surface area contributed by atoms with E-state index in [2.05, 4.69) is 4.98 Å². The van der Waals surface area contributed by atoms with Gasteiger partial charge in [-0.05, 0) is 12.1 Å². The van der Waals surface area contributed by atoms with E-state index in [-0.39, 0.29) is 16.4 Å². The Hall–Kier alpha value is -2.41. The first kappa shape index (κ1) is 15.0. The number of carbonyl (C=O) groups is 2. The highest BCUT2D eigenvalue weighted by Gasteiger charge is 2.22. The van der Waals surface area contributed by atoms with Crippen LogP contribution in [0.1, 0.15) is 27.1 Å². The summed E-state index contributed by atoms with van der Waals surface area (Å²) in [5.41, 5.74) is 0.374. The van der Waals surface area contributed by atoms with Crippen LogP contribution in [0.25, 0.3) is 10.6 Å². The van der Waals surface area contributed by atoms with Crippen molar-refractivity contribution in [1.82, 2.24) is 4.98 Å². The average Bonchev–Trinajstić information content (AvgIpc) is 2.92. The molecule has 0 radical (unpaired) electrons. The molecule has 0 aliphatic heterocycles. The van der Waals surface area contributed by atoms with E-state index in [9.17, 15) is 9.59 Å². The summed E-state index contributed by atoms with van der Waals surface area (Å²) in [6.07, 6.45) is 0. The number of ketones is 1. The summed E-state index contributed by atoms with van der Waals surface area (Å²) in [7, 11) is 3.03. The summed E-state index contributed by atoms with van der Waals surface area (Å²) in [4.78, 5) is 26.9. The molecule has 1 aromatic carbocycles. The molecule has 0 atom stereocenters. The molecule has 0 saturated carbocycles. The maximum atomic E-state index is 11.5. The highest BCUT2D eigenvalue weighted by atomic mass is 32.1. The fourth-order valence-electron chi connectivity index (χ4n) is 1.79. The van der Waals surface area contributed by atoms with Crippen LogP contribution in [0.3, 0.4) is 0 Å². The number of hydrogen-bond acceptors (Lipinski definition) is 6. The van der Waals surface area contributed by atoms with Crippen molar-refractivity contribution in [2.45, 2.75) is 6.92 Å². The molecule has 0 saturated heterocycles. The van der Waals surface area contributed by atoms with E-state index in [0.29, 0.717) is 22.1 Å². The molecule has 6 nitrogen and oxygen atoms in total. The van der Waals surface area contributed by atoms with Crippen molar-refractivity contribution in [3.63, 3.8) is 0 Å². The maximum Gasteiger partial charge on any atom is 0.356 e. The molecule has 0 fully saturated rings. The van der Waals surface area contributed by atoms with Crippen molar-refractivity contribution >= 4 is 23.1 Å². The third-order valence-electron chi connectivity index (χ3n) is 2.79. The van der Waals surface area contributed by atoms with Gasteiger partial charge in [-0.2, -0.15) is 0 Å². The van der Waals surface area contributed by atoms with E-state index in [1.807, 2.05) is 0 Å². The van der Waals surface area contributed by atoms with Gasteiger partial charge in [-0.25, -0.2) is 9.78 Å². The highest BCUT2D eigenvalue weighted by molar-refractivity contribution is 7.17. The highest BCUT2D eigenvalue weighted by Crippen LogP contribution is 2.36. The number of carboxylic acids is 1. The Morgan fingerprint density at radius 3 is 2.43 bits per heavy atom. The second kappa shape index (κ2) is 5.92. The van der Waals surface area contributed by atoms with Crippen molar-refractivity contribution in [2.24, 2.45) is 0 Å². The summed E-state index contributed by atoms with van der Waals surface area (Å²) in [5.74, 6) is -0.452. The normalized spacial score (nSPS) is 10.2. The van der Waals surface area contributed by atoms with Gasteiger partial charge in [-0.15, -0.1) is 11.3 Å². The minimum Gasteiger partial charge on any atom is -0.497 e. The molecule has 1 N–H and O–H groups in total. The molecule has 0 amide bonds. The van der Waals surface area contributed by atoms with Crippen molar-refractivity contribution < 1.29 is 24.2 Å². The molecule has 21 heavy (non-hydrogen) atoms. The molecular formula is C14H13NO5S. The Balaban J connectivity index is 2.59. The first-order valence-corrected chi connectivity index (χ1v) is 6.77. The van der Waals surface area contributed by atoms with Crippen molar-refractivity contribution in [1.29, 1.82) is 0 Å². The van der Waals surface area contributed by atoms with Gasteiger partial charge in [0.15, 0.2) is 11.5 Å². The first-order chi connectivity index (χ1) is 9.97. The fourth-order valence-corrected chi connectivity index (χ4v) is 2.78. The van der Waals surface area contributed by atoms with Crippen molar-refractivity contribution in [2.75, 3.05) is 14.2 Å². The minimum absolute atomic E-state index is 0.121. The summed E-state index contributed by atoms with van der Waals surface area (Å²) in [6.45, 7) is 1.31. The number of methoxy groups -OCH3 is 2. The van der Waals surface area contributed by atoms with Crippen LogP contribution in [0.4, 0.5) is 0 Å². The van der Waals surface area contributed by atoms with Gasteiger partial charge in [-0.3, -0.25) is 4.79 Å². The lowest BCUT2D eigenvalue weighted by atomic mass is 10.2. The Morgan fingerprint density at radius 1 is 1.24 bits per heavy atom. The van der Waals surface area contributed by atoms with Gasteiger partial charge < -0.3 is 14.6 Å². The number of thiazole rings is 1. The van der Waals surface area contributed by atoms with Crippen LogP contribution in [0.2, 0.25) is 0 Å². The summed E-state index contributed by atoms with van der Waals surface area (Å²) in [5, 5.41) is 9.54. The number of rotatable bonds is 5. The predicted octanol–water partition coefficient (Wildman–Crippen LogP) is 2.73. The number of benzene rings is 1. The van der Waals surface area contributed by atoms with Gasteiger partial charge in [0.05, 0.1) is 19.8 Å². The quantitative estimate of drug-likeness (QED) is 0.855. The molecule has 2 rings (SSSR count). The molecule has 1 heterocycles. The predicted molar refractivity (Wildman–Crippen MR) is 77.6 cm³/mol. The second-order valence-corrected chi connectivity index (χ2v) is 5.12. The topological polar surface area (TPSA) is 85.7 Å². The van der Waals surface area contributed by atoms with Crippen LogP contribution in [0, 0.1) is 0 Å². The SMILES string of the molecule is COc1ccc(-c2nc(C(=O)O)c(C(C)=O)s2)c(OC)c1. The van der Waals surface area contributed by atoms with Gasteiger partial charge in [0.25, 0.3) is 0 Å². The van der Waals surface area contributed by atoms with Gasteiger partial charge in [-0.1, -0.05) is 0 Å². The van der Waals surface area contributed by atoms with E-state index >= 15 is 0 Å². The number of nitrogens with zero attached hydrogens (tertiary/aromatic N) is 1. The van der Waals surface area contributed by atoms with E-state index in [4.69, 9.17) is 14.6 Å². The van der Waals surface area contributed by atoms with Crippen LogP contribution in [0.15, 0.2) is 18.2 Å². The molecule has 110 valence electrons. The molecule has 0 spiro atoms. The Labute approximate surface area is 125 Å².